The summed E-state index contributed by atoms with van der Waals surface area (Å²) in [6, 6.07) is 9.46. The number of imide groups is 2. The van der Waals surface area contributed by atoms with Crippen LogP contribution in [0, 0.1) is 13.8 Å². The summed E-state index contributed by atoms with van der Waals surface area (Å²) in [4.78, 5) is 38.5. The first-order valence-electron chi connectivity index (χ1n) is 9.32. The lowest BCUT2D eigenvalue weighted by molar-refractivity contribution is -0.130. The fourth-order valence-corrected chi connectivity index (χ4v) is 3.88. The molecular formula is C22H17Cl2N3O4. The zero-order valence-electron chi connectivity index (χ0n) is 16.6. The van der Waals surface area contributed by atoms with Crippen molar-refractivity contribution in [3.63, 3.8) is 0 Å². The summed E-state index contributed by atoms with van der Waals surface area (Å²) in [5.74, 6) is -1.03. The van der Waals surface area contributed by atoms with E-state index >= 15 is 0 Å². The minimum atomic E-state index is -0.792. The van der Waals surface area contributed by atoms with Gasteiger partial charge in [0.25, 0.3) is 11.8 Å². The molecular weight excluding hydrogens is 441 g/mol. The number of hydrogen-bond acceptors (Lipinski definition) is 4. The van der Waals surface area contributed by atoms with Crippen molar-refractivity contribution in [1.82, 2.24) is 14.8 Å². The Balaban J connectivity index is 1.74. The van der Waals surface area contributed by atoms with Gasteiger partial charge in [-0.05, 0) is 61.9 Å². The molecule has 0 spiro atoms. The van der Waals surface area contributed by atoms with Crippen molar-refractivity contribution in [2.75, 3.05) is 0 Å². The Kier molecular flexibility index (Phi) is 5.47. The zero-order chi connectivity index (χ0) is 22.3. The third-order valence-corrected chi connectivity index (χ3v) is 5.55. The molecule has 4 amide bonds. The molecule has 158 valence electrons. The number of aromatic nitrogens is 1. The van der Waals surface area contributed by atoms with E-state index in [1.807, 2.05) is 24.5 Å². The van der Waals surface area contributed by atoms with Crippen LogP contribution in [0.3, 0.4) is 0 Å². The van der Waals surface area contributed by atoms with Gasteiger partial charge < -0.3 is 8.98 Å². The van der Waals surface area contributed by atoms with Crippen LogP contribution in [0.15, 0.2) is 52.7 Å². The molecule has 0 atom stereocenters. The van der Waals surface area contributed by atoms with Crippen LogP contribution in [-0.2, 0) is 16.1 Å². The van der Waals surface area contributed by atoms with Gasteiger partial charge in [-0.15, -0.1) is 0 Å². The number of amides is 4. The van der Waals surface area contributed by atoms with Gasteiger partial charge in [0.05, 0.1) is 23.5 Å². The van der Waals surface area contributed by atoms with Crippen LogP contribution in [-0.4, -0.2) is 27.3 Å². The van der Waals surface area contributed by atoms with E-state index in [1.54, 1.807) is 30.3 Å². The van der Waals surface area contributed by atoms with E-state index in [-0.39, 0.29) is 12.1 Å². The number of furan rings is 1. The summed E-state index contributed by atoms with van der Waals surface area (Å²) in [7, 11) is 0. The summed E-state index contributed by atoms with van der Waals surface area (Å²) in [6.45, 7) is 3.63. The van der Waals surface area contributed by atoms with E-state index in [1.165, 1.54) is 12.3 Å². The summed E-state index contributed by atoms with van der Waals surface area (Å²) in [5, 5.41) is 3.24. The number of barbiturate groups is 1. The standard InChI is InChI=1S/C22H17Cl2N3O4/c1-12-8-14(13(2)27(12)19-10-15(23)5-6-18(19)24)9-17-20(28)25-22(30)26(21(17)29)11-16-4-3-7-31-16/h3-10H,11H2,1-2H3,(H,25,28,30)/b17-9+. The number of rotatable bonds is 4. The lowest BCUT2D eigenvalue weighted by Gasteiger charge is -2.25. The maximum Gasteiger partial charge on any atom is 0.331 e. The van der Waals surface area contributed by atoms with Crippen molar-refractivity contribution in [3.8, 4) is 5.69 Å². The fraction of sp³-hybridized carbons (Fsp3) is 0.136. The smallest absolute Gasteiger partial charge is 0.331 e. The Labute approximate surface area is 187 Å². The molecule has 0 unspecified atom stereocenters. The second-order valence-corrected chi connectivity index (χ2v) is 7.89. The van der Waals surface area contributed by atoms with Gasteiger partial charge >= 0.3 is 6.03 Å². The molecule has 1 aromatic carbocycles. The summed E-state index contributed by atoms with van der Waals surface area (Å²) in [5.41, 5.74) is 2.76. The first-order valence-corrected chi connectivity index (χ1v) is 10.1. The molecule has 1 fully saturated rings. The average molecular weight is 458 g/mol. The maximum atomic E-state index is 12.9. The van der Waals surface area contributed by atoms with Crippen LogP contribution in [0.4, 0.5) is 4.79 Å². The molecule has 4 rings (SSSR count). The molecule has 0 radical (unpaired) electrons. The normalized spacial score (nSPS) is 15.7. The predicted molar refractivity (Wildman–Crippen MR) is 116 cm³/mol. The van der Waals surface area contributed by atoms with Crippen LogP contribution in [0.5, 0.6) is 0 Å². The average Bonchev–Trinajstić information content (AvgIpc) is 3.32. The number of halogens is 2. The van der Waals surface area contributed by atoms with E-state index in [0.717, 1.165) is 16.3 Å². The Hall–Kier alpha value is -3.29. The van der Waals surface area contributed by atoms with Crippen LogP contribution in [0.25, 0.3) is 11.8 Å². The largest absolute Gasteiger partial charge is 0.467 e. The van der Waals surface area contributed by atoms with Crippen molar-refractivity contribution < 1.29 is 18.8 Å². The number of nitrogens with one attached hydrogen (secondary N) is 1. The highest BCUT2D eigenvalue weighted by Gasteiger charge is 2.36. The SMILES string of the molecule is Cc1cc(/C=C2\C(=O)NC(=O)N(Cc3ccco3)C2=O)c(C)n1-c1cc(Cl)ccc1Cl. The second-order valence-electron chi connectivity index (χ2n) is 7.05. The molecule has 3 heterocycles. The van der Waals surface area contributed by atoms with E-state index in [2.05, 4.69) is 5.32 Å². The van der Waals surface area contributed by atoms with E-state index in [4.69, 9.17) is 27.6 Å². The topological polar surface area (TPSA) is 84.6 Å². The molecule has 1 N–H and O–H groups in total. The van der Waals surface area contributed by atoms with Crippen LogP contribution < -0.4 is 5.32 Å². The number of carbonyl (C=O) groups excluding carboxylic acids is 3. The van der Waals surface area contributed by atoms with Crippen molar-refractivity contribution in [2.24, 2.45) is 0 Å². The summed E-state index contributed by atoms with van der Waals surface area (Å²) in [6.07, 6.45) is 2.91. The lowest BCUT2D eigenvalue weighted by atomic mass is 10.1. The van der Waals surface area contributed by atoms with Gasteiger partial charge in [0.15, 0.2) is 0 Å². The van der Waals surface area contributed by atoms with Crippen LogP contribution in [0.1, 0.15) is 22.7 Å². The van der Waals surface area contributed by atoms with Gasteiger partial charge in [0.1, 0.15) is 11.3 Å². The Bertz CT molecular complexity index is 1240. The predicted octanol–water partition coefficient (Wildman–Crippen LogP) is 4.66. The Morgan fingerprint density at radius 2 is 1.87 bits per heavy atom. The minimum absolute atomic E-state index is 0.0839. The first kappa shape index (κ1) is 21.0. The highest BCUT2D eigenvalue weighted by atomic mass is 35.5. The van der Waals surface area contributed by atoms with Gasteiger partial charge in [-0.1, -0.05) is 23.2 Å². The molecule has 7 nitrogen and oxygen atoms in total. The number of hydrogen-bond donors (Lipinski definition) is 1. The zero-order valence-corrected chi connectivity index (χ0v) is 18.1. The number of urea groups is 1. The van der Waals surface area contributed by atoms with Crippen molar-refractivity contribution in [2.45, 2.75) is 20.4 Å². The Morgan fingerprint density at radius 1 is 1.10 bits per heavy atom. The molecule has 0 bridgehead atoms. The molecule has 31 heavy (non-hydrogen) atoms. The quantitative estimate of drug-likeness (QED) is 0.456. The highest BCUT2D eigenvalue weighted by molar-refractivity contribution is 6.34. The molecule has 3 aromatic rings. The fourth-order valence-electron chi connectivity index (χ4n) is 3.51. The van der Waals surface area contributed by atoms with E-state index in [9.17, 15) is 14.4 Å². The number of carbonyl (C=O) groups is 3. The lowest BCUT2D eigenvalue weighted by Crippen LogP contribution is -2.53. The van der Waals surface area contributed by atoms with Crippen LogP contribution in [0.2, 0.25) is 10.0 Å². The van der Waals surface area contributed by atoms with Crippen LogP contribution >= 0.6 is 23.2 Å². The third-order valence-electron chi connectivity index (χ3n) is 5.00. The number of benzene rings is 1. The van der Waals surface area contributed by atoms with Gasteiger partial charge in [0.2, 0.25) is 0 Å². The third kappa shape index (κ3) is 3.89. The van der Waals surface area contributed by atoms with Crippen molar-refractivity contribution in [3.05, 3.63) is 81.0 Å². The molecule has 0 saturated carbocycles. The maximum absolute atomic E-state index is 12.9. The van der Waals surface area contributed by atoms with E-state index < -0.39 is 17.8 Å². The van der Waals surface area contributed by atoms with Gasteiger partial charge in [-0.3, -0.25) is 19.8 Å². The Morgan fingerprint density at radius 3 is 2.58 bits per heavy atom. The highest BCUT2D eigenvalue weighted by Crippen LogP contribution is 2.30. The summed E-state index contributed by atoms with van der Waals surface area (Å²) >= 11 is 12.5. The molecule has 2 aromatic heterocycles. The van der Waals surface area contributed by atoms with Crippen molar-refractivity contribution >= 4 is 47.1 Å². The molecule has 1 aliphatic rings. The molecule has 0 aliphatic carbocycles. The number of nitrogens with zero attached hydrogens (tertiary/aromatic N) is 2. The second kappa shape index (κ2) is 8.09. The van der Waals surface area contributed by atoms with Crippen molar-refractivity contribution in [1.29, 1.82) is 0 Å². The molecule has 9 heteroatoms. The van der Waals surface area contributed by atoms with Gasteiger partial charge in [-0.25, -0.2) is 4.79 Å². The number of aryl methyl sites for hydroxylation is 1. The minimum Gasteiger partial charge on any atom is -0.467 e. The molecule has 1 aliphatic heterocycles. The van der Waals surface area contributed by atoms with Gasteiger partial charge in [0, 0.05) is 16.4 Å². The first-order chi connectivity index (χ1) is 14.8. The monoisotopic (exact) mass is 457 g/mol. The van der Waals surface area contributed by atoms with E-state index in [0.29, 0.717) is 27.1 Å². The van der Waals surface area contributed by atoms with Gasteiger partial charge in [-0.2, -0.15) is 0 Å². The summed E-state index contributed by atoms with van der Waals surface area (Å²) < 4.78 is 7.10. The molecule has 1 saturated heterocycles.